The van der Waals surface area contributed by atoms with Crippen molar-refractivity contribution in [3.05, 3.63) is 0 Å². The van der Waals surface area contributed by atoms with Crippen molar-refractivity contribution in [1.29, 1.82) is 0 Å². The summed E-state index contributed by atoms with van der Waals surface area (Å²) in [5.41, 5.74) is -0.761. The molecule has 7 nitrogen and oxygen atoms in total. The van der Waals surface area contributed by atoms with Crippen molar-refractivity contribution >= 4 is 17.8 Å². The lowest BCUT2D eigenvalue weighted by Gasteiger charge is -2.34. The molecule has 3 fully saturated rings. The van der Waals surface area contributed by atoms with Crippen LogP contribution in [0, 0.1) is 11.8 Å². The number of nitrogens with one attached hydrogen (secondary N) is 2. The van der Waals surface area contributed by atoms with Gasteiger partial charge in [-0.2, -0.15) is 0 Å². The molecule has 2 heterocycles. The molecule has 1 unspecified atom stereocenters. The van der Waals surface area contributed by atoms with Gasteiger partial charge in [-0.15, -0.1) is 0 Å². The zero-order chi connectivity index (χ0) is 18.0. The molecule has 1 atom stereocenters. The van der Waals surface area contributed by atoms with Crippen LogP contribution >= 0.6 is 0 Å². The molecule has 140 valence electrons. The standard InChI is InChI=1S/C18H30N4O3/c1-3-13-4-7-18(8-5-13)16(24)22(17(25)20-18)12-15(23)21-9-6-14(11-21)10-19-2/h13-14,19H,3-12H2,1-2H3,(H,20,25). The molecule has 4 amide bonds. The highest BCUT2D eigenvalue weighted by Crippen LogP contribution is 2.37. The molecule has 3 aliphatic rings. The summed E-state index contributed by atoms with van der Waals surface area (Å²) in [6.07, 6.45) is 5.38. The van der Waals surface area contributed by atoms with Crippen LogP contribution in [-0.4, -0.2) is 66.4 Å². The Bertz CT molecular complexity index is 542. The summed E-state index contributed by atoms with van der Waals surface area (Å²) in [5.74, 6) is 0.764. The lowest BCUT2D eigenvalue weighted by Crippen LogP contribution is -2.50. The Balaban J connectivity index is 1.59. The number of imide groups is 1. The molecule has 1 spiro atoms. The Morgan fingerprint density at radius 2 is 1.96 bits per heavy atom. The number of nitrogens with zero attached hydrogens (tertiary/aromatic N) is 2. The van der Waals surface area contributed by atoms with Crippen LogP contribution in [0.3, 0.4) is 0 Å². The van der Waals surface area contributed by atoms with Gasteiger partial charge in [-0.1, -0.05) is 13.3 Å². The Hall–Kier alpha value is -1.63. The van der Waals surface area contributed by atoms with Crippen molar-refractivity contribution in [1.82, 2.24) is 20.4 Å². The lowest BCUT2D eigenvalue weighted by molar-refractivity contribution is -0.139. The number of rotatable bonds is 5. The van der Waals surface area contributed by atoms with Crippen LogP contribution in [0.5, 0.6) is 0 Å². The molecule has 0 aromatic rings. The highest BCUT2D eigenvalue weighted by molar-refractivity contribution is 6.09. The van der Waals surface area contributed by atoms with Crippen molar-refractivity contribution in [3.63, 3.8) is 0 Å². The van der Waals surface area contributed by atoms with Gasteiger partial charge in [0.15, 0.2) is 0 Å². The topological polar surface area (TPSA) is 81.8 Å². The van der Waals surface area contributed by atoms with E-state index in [2.05, 4.69) is 17.6 Å². The first kappa shape index (κ1) is 18.2. The molecule has 2 N–H and O–H groups in total. The Morgan fingerprint density at radius 3 is 2.60 bits per heavy atom. The van der Waals surface area contributed by atoms with E-state index in [0.29, 0.717) is 37.8 Å². The number of urea groups is 1. The van der Waals surface area contributed by atoms with Crippen molar-refractivity contribution in [2.24, 2.45) is 11.8 Å². The van der Waals surface area contributed by atoms with E-state index in [1.807, 2.05) is 7.05 Å². The molecule has 25 heavy (non-hydrogen) atoms. The number of carbonyl (C=O) groups is 3. The summed E-state index contributed by atoms with van der Waals surface area (Å²) in [4.78, 5) is 40.7. The molecule has 0 aromatic heterocycles. The fourth-order valence-electron chi connectivity index (χ4n) is 4.49. The van der Waals surface area contributed by atoms with E-state index in [0.717, 1.165) is 37.1 Å². The van der Waals surface area contributed by atoms with Gasteiger partial charge in [0.25, 0.3) is 5.91 Å². The first-order valence-electron chi connectivity index (χ1n) is 9.55. The van der Waals surface area contributed by atoms with Gasteiger partial charge in [0.2, 0.25) is 5.91 Å². The Morgan fingerprint density at radius 1 is 1.24 bits per heavy atom. The molecular formula is C18H30N4O3. The minimum Gasteiger partial charge on any atom is -0.341 e. The summed E-state index contributed by atoms with van der Waals surface area (Å²) >= 11 is 0. The third-order valence-electron chi connectivity index (χ3n) is 6.21. The van der Waals surface area contributed by atoms with Crippen molar-refractivity contribution in [2.75, 3.05) is 33.2 Å². The van der Waals surface area contributed by atoms with Crippen LogP contribution in [0.15, 0.2) is 0 Å². The normalized spacial score (nSPS) is 32.6. The molecule has 1 saturated carbocycles. The molecule has 0 radical (unpaired) electrons. The van der Waals surface area contributed by atoms with Crippen molar-refractivity contribution in [3.8, 4) is 0 Å². The van der Waals surface area contributed by atoms with E-state index in [1.165, 1.54) is 0 Å². The summed E-state index contributed by atoms with van der Waals surface area (Å²) in [6.45, 7) is 4.33. The molecule has 7 heteroatoms. The molecule has 2 aliphatic heterocycles. The predicted molar refractivity (Wildman–Crippen MR) is 93.8 cm³/mol. The average Bonchev–Trinajstić information content (AvgIpc) is 3.16. The minimum atomic E-state index is -0.761. The maximum absolute atomic E-state index is 12.9. The molecule has 1 aliphatic carbocycles. The molecule has 0 bridgehead atoms. The third kappa shape index (κ3) is 3.52. The minimum absolute atomic E-state index is 0.124. The van der Waals surface area contributed by atoms with Gasteiger partial charge >= 0.3 is 6.03 Å². The second-order valence-corrected chi connectivity index (χ2v) is 7.81. The van der Waals surface area contributed by atoms with Crippen LogP contribution in [0.25, 0.3) is 0 Å². The van der Waals surface area contributed by atoms with E-state index < -0.39 is 11.6 Å². The van der Waals surface area contributed by atoms with E-state index in [-0.39, 0.29) is 18.4 Å². The number of likely N-dealkylation sites (tertiary alicyclic amines) is 1. The smallest absolute Gasteiger partial charge is 0.325 e. The number of hydrogen-bond donors (Lipinski definition) is 2. The summed E-state index contributed by atoms with van der Waals surface area (Å²) in [7, 11) is 1.91. The average molecular weight is 350 g/mol. The number of carbonyl (C=O) groups excluding carboxylic acids is 3. The predicted octanol–water partition coefficient (Wildman–Crippen LogP) is 0.945. The maximum Gasteiger partial charge on any atom is 0.325 e. The fourth-order valence-corrected chi connectivity index (χ4v) is 4.49. The van der Waals surface area contributed by atoms with Gasteiger partial charge in [0.1, 0.15) is 12.1 Å². The zero-order valence-electron chi connectivity index (χ0n) is 15.3. The van der Waals surface area contributed by atoms with E-state index in [9.17, 15) is 14.4 Å². The van der Waals surface area contributed by atoms with Gasteiger partial charge in [-0.3, -0.25) is 14.5 Å². The SMILES string of the molecule is CCC1CCC2(CC1)NC(=O)N(CC(=O)N1CCC(CNC)C1)C2=O. The molecule has 0 aromatic carbocycles. The van der Waals surface area contributed by atoms with Gasteiger partial charge in [-0.25, -0.2) is 4.79 Å². The molecular weight excluding hydrogens is 320 g/mol. The maximum atomic E-state index is 12.9. The largest absolute Gasteiger partial charge is 0.341 e. The molecule has 3 rings (SSSR count). The van der Waals surface area contributed by atoms with Gasteiger partial charge in [-0.05, 0) is 57.5 Å². The second kappa shape index (κ2) is 7.32. The van der Waals surface area contributed by atoms with Gasteiger partial charge in [0.05, 0.1) is 0 Å². The van der Waals surface area contributed by atoms with Crippen LogP contribution in [0.4, 0.5) is 4.79 Å². The van der Waals surface area contributed by atoms with Gasteiger partial charge in [0, 0.05) is 13.1 Å². The Labute approximate surface area is 149 Å². The summed E-state index contributed by atoms with van der Waals surface area (Å²) in [5, 5.41) is 6.03. The highest BCUT2D eigenvalue weighted by atomic mass is 16.2. The molecule has 2 saturated heterocycles. The highest BCUT2D eigenvalue weighted by Gasteiger charge is 2.52. The third-order valence-corrected chi connectivity index (χ3v) is 6.21. The second-order valence-electron chi connectivity index (χ2n) is 7.81. The van der Waals surface area contributed by atoms with Crippen LogP contribution < -0.4 is 10.6 Å². The van der Waals surface area contributed by atoms with Crippen LogP contribution in [0.2, 0.25) is 0 Å². The summed E-state index contributed by atoms with van der Waals surface area (Å²) < 4.78 is 0. The van der Waals surface area contributed by atoms with E-state index >= 15 is 0 Å². The van der Waals surface area contributed by atoms with Gasteiger partial charge < -0.3 is 15.5 Å². The van der Waals surface area contributed by atoms with Crippen molar-refractivity contribution in [2.45, 2.75) is 51.0 Å². The van der Waals surface area contributed by atoms with E-state index in [4.69, 9.17) is 0 Å². The number of amides is 4. The van der Waals surface area contributed by atoms with E-state index in [1.54, 1.807) is 4.90 Å². The van der Waals surface area contributed by atoms with Crippen molar-refractivity contribution < 1.29 is 14.4 Å². The quantitative estimate of drug-likeness (QED) is 0.723. The lowest BCUT2D eigenvalue weighted by atomic mass is 9.75. The first-order chi connectivity index (χ1) is 12.0. The summed E-state index contributed by atoms with van der Waals surface area (Å²) in [6, 6.07) is -0.403. The monoisotopic (exact) mass is 350 g/mol. The van der Waals surface area contributed by atoms with Crippen LogP contribution in [0.1, 0.15) is 45.4 Å². The zero-order valence-corrected chi connectivity index (χ0v) is 15.3. The fraction of sp³-hybridized carbons (Fsp3) is 0.833. The first-order valence-corrected chi connectivity index (χ1v) is 9.55. The van der Waals surface area contributed by atoms with Crippen LogP contribution in [-0.2, 0) is 9.59 Å². The Kier molecular flexibility index (Phi) is 5.32. The number of hydrogen-bond acceptors (Lipinski definition) is 4.